The molecule has 0 aliphatic carbocycles. The Morgan fingerprint density at radius 3 is 0.835 bits per heavy atom. The molecule has 85 heavy (non-hydrogen) atoms. The molecule has 2 atom stereocenters. The minimum Gasteiger partial charge on any atom is -0.466 e. The number of carbonyl (C=O) groups is 2. The Balaban J connectivity index is 3.34. The average Bonchev–Trinajstić information content (AvgIpc) is 3.51. The Morgan fingerprint density at radius 2 is 0.553 bits per heavy atom. The van der Waals surface area contributed by atoms with Crippen LogP contribution >= 0.6 is 0 Å². The quantitative estimate of drug-likeness (QED) is 0.0320. The molecule has 0 fully saturated rings. The van der Waals surface area contributed by atoms with Crippen LogP contribution in [0.4, 0.5) is 0 Å². The number of hydrogen-bond acceptors (Lipinski definition) is 5. The smallest absolute Gasteiger partial charge is 0.305 e. The van der Waals surface area contributed by atoms with Crippen LogP contribution in [0.2, 0.25) is 0 Å². The van der Waals surface area contributed by atoms with E-state index in [0.717, 1.165) is 38.5 Å². The van der Waals surface area contributed by atoms with E-state index in [1.165, 1.54) is 379 Å². The fourth-order valence-corrected chi connectivity index (χ4v) is 12.5. The van der Waals surface area contributed by atoms with Gasteiger partial charge in [-0.1, -0.05) is 398 Å². The summed E-state index contributed by atoms with van der Waals surface area (Å²) in [6.45, 7) is 4.96. The molecule has 0 aliphatic heterocycles. The Bertz CT molecular complexity index is 1330. The van der Waals surface area contributed by atoms with Gasteiger partial charge >= 0.3 is 5.97 Å². The van der Waals surface area contributed by atoms with Crippen LogP contribution in [-0.2, 0) is 14.3 Å². The van der Waals surface area contributed by atoms with Crippen LogP contribution in [-0.4, -0.2) is 47.4 Å². The van der Waals surface area contributed by atoms with Crippen molar-refractivity contribution in [2.45, 2.75) is 456 Å². The van der Waals surface area contributed by atoms with Gasteiger partial charge in [-0.3, -0.25) is 9.59 Å². The van der Waals surface area contributed by atoms with Crippen molar-refractivity contribution >= 4 is 11.9 Å². The van der Waals surface area contributed by atoms with Crippen LogP contribution in [0.5, 0.6) is 0 Å². The topological polar surface area (TPSA) is 95.9 Å². The highest BCUT2D eigenvalue weighted by atomic mass is 16.5. The second kappa shape index (κ2) is 74.8. The first-order chi connectivity index (χ1) is 42.0. The molecule has 0 heterocycles. The fourth-order valence-electron chi connectivity index (χ4n) is 12.5. The summed E-state index contributed by atoms with van der Waals surface area (Å²) in [4.78, 5) is 24.6. The molecule has 6 nitrogen and oxygen atoms in total. The predicted molar refractivity (Wildman–Crippen MR) is 375 cm³/mol. The number of ether oxygens (including phenoxy) is 1. The zero-order valence-corrected chi connectivity index (χ0v) is 57.9. The third-order valence-corrected chi connectivity index (χ3v) is 18.5. The Kier molecular flexibility index (Phi) is 73.3. The van der Waals surface area contributed by atoms with Crippen molar-refractivity contribution in [3.8, 4) is 0 Å². The van der Waals surface area contributed by atoms with Crippen molar-refractivity contribution in [1.29, 1.82) is 0 Å². The van der Waals surface area contributed by atoms with Crippen molar-refractivity contribution in [1.82, 2.24) is 5.32 Å². The molecule has 3 N–H and O–H groups in total. The Labute approximate surface area is 532 Å². The van der Waals surface area contributed by atoms with Crippen molar-refractivity contribution in [2.24, 2.45) is 0 Å². The van der Waals surface area contributed by atoms with Gasteiger partial charge < -0.3 is 20.3 Å². The third kappa shape index (κ3) is 71.3. The predicted octanol–water partition coefficient (Wildman–Crippen LogP) is 25.7. The summed E-state index contributed by atoms with van der Waals surface area (Å²) in [5.41, 5.74) is 0. The van der Waals surface area contributed by atoms with Crippen molar-refractivity contribution in [3.63, 3.8) is 0 Å². The lowest BCUT2D eigenvalue weighted by Crippen LogP contribution is -2.45. The maximum atomic E-state index is 12.5. The molecule has 0 radical (unpaired) electrons. The lowest BCUT2D eigenvalue weighted by molar-refractivity contribution is -0.143. The normalized spacial score (nSPS) is 12.6. The largest absolute Gasteiger partial charge is 0.466 e. The number of amides is 1. The van der Waals surface area contributed by atoms with E-state index in [1.807, 2.05) is 6.08 Å². The summed E-state index contributed by atoms with van der Waals surface area (Å²) < 4.78 is 5.51. The summed E-state index contributed by atoms with van der Waals surface area (Å²) >= 11 is 0. The second-order valence-corrected chi connectivity index (χ2v) is 27.0. The van der Waals surface area contributed by atoms with Gasteiger partial charge in [0.25, 0.3) is 0 Å². The van der Waals surface area contributed by atoms with Crippen LogP contribution in [0.15, 0.2) is 24.3 Å². The third-order valence-electron chi connectivity index (χ3n) is 18.5. The van der Waals surface area contributed by atoms with E-state index in [2.05, 4.69) is 31.3 Å². The molecule has 0 aromatic heterocycles. The van der Waals surface area contributed by atoms with E-state index in [-0.39, 0.29) is 18.5 Å². The molecule has 0 aromatic rings. The highest BCUT2D eigenvalue weighted by Gasteiger charge is 2.18. The molecule has 0 saturated carbocycles. The van der Waals surface area contributed by atoms with Gasteiger partial charge in [0.05, 0.1) is 25.4 Å². The summed E-state index contributed by atoms with van der Waals surface area (Å²) in [5.74, 6) is -0.0363. The SMILES string of the molecule is CCCCCCCCCCCCCCCCC/C=C/C(O)C(CO)NC(=O)CCCCCCCCCCCCCCCCCCC/C=C\CCCCCCCCCCCCCCCCOC(=O)CCCCCCCCCCCCCCCCCC. The molecule has 0 saturated heterocycles. The number of hydrogen-bond donors (Lipinski definition) is 3. The molecule has 504 valence electrons. The van der Waals surface area contributed by atoms with E-state index >= 15 is 0 Å². The van der Waals surface area contributed by atoms with Crippen molar-refractivity contribution in [3.05, 3.63) is 24.3 Å². The summed E-state index contributed by atoms with van der Waals surface area (Å²) in [5, 5.41) is 23.2. The Hall–Kier alpha value is -1.66. The fraction of sp³-hybridized carbons (Fsp3) is 0.924. The Morgan fingerprint density at radius 1 is 0.318 bits per heavy atom. The van der Waals surface area contributed by atoms with E-state index in [4.69, 9.17) is 4.74 Å². The maximum absolute atomic E-state index is 12.5. The molecule has 0 bridgehead atoms. The molecule has 0 spiro atoms. The van der Waals surface area contributed by atoms with Crippen LogP contribution in [0.1, 0.15) is 444 Å². The van der Waals surface area contributed by atoms with Gasteiger partial charge in [0.15, 0.2) is 0 Å². The number of aliphatic hydroxyl groups is 2. The number of carbonyl (C=O) groups excluding carboxylic acids is 2. The van der Waals surface area contributed by atoms with E-state index < -0.39 is 12.1 Å². The molecule has 0 rings (SSSR count). The number of unbranched alkanes of at least 4 members (excludes halogenated alkanes) is 61. The lowest BCUT2D eigenvalue weighted by atomic mass is 10.0. The summed E-state index contributed by atoms with van der Waals surface area (Å²) in [6, 6.07) is -0.625. The van der Waals surface area contributed by atoms with Crippen LogP contribution in [0.25, 0.3) is 0 Å². The zero-order valence-electron chi connectivity index (χ0n) is 57.9. The summed E-state index contributed by atoms with van der Waals surface area (Å²) in [7, 11) is 0. The minimum absolute atomic E-state index is 0.0244. The first-order valence-electron chi connectivity index (χ1n) is 39.1. The lowest BCUT2D eigenvalue weighted by Gasteiger charge is -2.20. The first kappa shape index (κ1) is 83.3. The van der Waals surface area contributed by atoms with Gasteiger partial charge in [-0.2, -0.15) is 0 Å². The molecular weight excluding hydrogens is 1040 g/mol. The number of rotatable bonds is 74. The van der Waals surface area contributed by atoms with E-state index in [1.54, 1.807) is 6.08 Å². The van der Waals surface area contributed by atoms with E-state index in [0.29, 0.717) is 19.4 Å². The monoisotopic (exact) mass is 1200 g/mol. The maximum Gasteiger partial charge on any atom is 0.305 e. The van der Waals surface area contributed by atoms with Gasteiger partial charge in [0.1, 0.15) is 0 Å². The first-order valence-corrected chi connectivity index (χ1v) is 39.1. The molecule has 6 heteroatoms. The van der Waals surface area contributed by atoms with Crippen LogP contribution < -0.4 is 5.32 Å². The molecular formula is C79H153NO5. The van der Waals surface area contributed by atoms with Gasteiger partial charge in [-0.25, -0.2) is 0 Å². The highest BCUT2D eigenvalue weighted by Crippen LogP contribution is 2.20. The van der Waals surface area contributed by atoms with Crippen molar-refractivity contribution in [2.75, 3.05) is 13.2 Å². The van der Waals surface area contributed by atoms with Crippen LogP contribution in [0, 0.1) is 0 Å². The molecule has 2 unspecified atom stereocenters. The highest BCUT2D eigenvalue weighted by molar-refractivity contribution is 5.76. The standard InChI is InChI=1S/C79H153NO5/c1-3-5-7-9-11-13-15-17-19-40-43-47-51-55-59-63-67-71-77(82)76(75-81)80-78(83)72-68-64-60-56-52-48-44-41-38-36-34-32-30-28-26-24-22-21-23-25-27-29-31-33-35-37-39-42-46-50-54-58-62-66-70-74-85-79(84)73-69-65-61-57-53-49-45-20-18-16-14-12-10-8-6-4-2/h23,25,67,71,76-77,81-82H,3-22,24,26-66,68-70,72-75H2,1-2H3,(H,80,83)/b25-23-,71-67+. The average molecular weight is 1200 g/mol. The number of allylic oxidation sites excluding steroid dienone is 3. The van der Waals surface area contributed by atoms with Gasteiger partial charge in [-0.05, 0) is 57.8 Å². The molecule has 0 aromatic carbocycles. The van der Waals surface area contributed by atoms with Crippen molar-refractivity contribution < 1.29 is 24.5 Å². The number of nitrogens with one attached hydrogen (secondary N) is 1. The van der Waals surface area contributed by atoms with Gasteiger partial charge in [0, 0.05) is 12.8 Å². The zero-order chi connectivity index (χ0) is 61.3. The molecule has 0 aliphatic rings. The molecule has 1 amide bonds. The van der Waals surface area contributed by atoms with Gasteiger partial charge in [0.2, 0.25) is 5.91 Å². The van der Waals surface area contributed by atoms with E-state index in [9.17, 15) is 19.8 Å². The minimum atomic E-state index is -0.842. The number of aliphatic hydroxyl groups excluding tert-OH is 2. The summed E-state index contributed by atoms with van der Waals surface area (Å²) in [6.07, 6.45) is 95.9. The van der Waals surface area contributed by atoms with Crippen LogP contribution in [0.3, 0.4) is 0 Å². The number of esters is 1. The second-order valence-electron chi connectivity index (χ2n) is 27.0. The van der Waals surface area contributed by atoms with Gasteiger partial charge in [-0.15, -0.1) is 0 Å².